The Hall–Kier alpha value is -1.40. The Balaban J connectivity index is 3.55. The Morgan fingerprint density at radius 1 is 1.24 bits per heavy atom. The maximum absolute atomic E-state index is 11.5. The fourth-order valence-electron chi connectivity index (χ4n) is 1.43. The van der Waals surface area contributed by atoms with Crippen LogP contribution in [0, 0.1) is 0 Å². The van der Waals surface area contributed by atoms with Crippen LogP contribution in [-0.2, 0) is 9.84 Å². The minimum Gasteiger partial charge on any atom is -0.478 e. The van der Waals surface area contributed by atoms with Crippen LogP contribution in [0.5, 0.6) is 0 Å². The lowest BCUT2D eigenvalue weighted by Gasteiger charge is -2.24. The monoisotopic (exact) mass is 258 g/mol. The molecule has 6 heteroatoms. The number of aromatic carboxylic acids is 1. The first kappa shape index (κ1) is 13.7. The highest BCUT2D eigenvalue weighted by Crippen LogP contribution is 2.24. The summed E-state index contributed by atoms with van der Waals surface area (Å²) in [5.74, 6) is -1.24. The fraction of sp³-hybridized carbons (Fsp3) is 0.364. The maximum atomic E-state index is 11.5. The third-order valence-electron chi connectivity index (χ3n) is 2.37. The van der Waals surface area contributed by atoms with Crippen molar-refractivity contribution in [2.45, 2.75) is 4.90 Å². The molecule has 1 aromatic rings. The number of benzene rings is 1. The van der Waals surface area contributed by atoms with E-state index in [0.29, 0.717) is 4.48 Å². The summed E-state index contributed by atoms with van der Waals surface area (Å²) >= 11 is 0. The third-order valence-corrected chi connectivity index (χ3v) is 3.52. The molecule has 0 bridgehead atoms. The van der Waals surface area contributed by atoms with Crippen molar-refractivity contribution in [2.75, 3.05) is 27.4 Å². The quantitative estimate of drug-likeness (QED) is 0.821. The van der Waals surface area contributed by atoms with Crippen molar-refractivity contribution in [2.24, 2.45) is 0 Å². The predicted octanol–water partition coefficient (Wildman–Crippen LogP) is 0.985. The molecular formula is C11H16NO4S+. The van der Waals surface area contributed by atoms with Crippen LogP contribution < -0.4 is 4.48 Å². The van der Waals surface area contributed by atoms with E-state index in [4.69, 9.17) is 5.11 Å². The van der Waals surface area contributed by atoms with Gasteiger partial charge in [-0.3, -0.25) is 4.48 Å². The second-order valence-electron chi connectivity index (χ2n) is 4.77. The van der Waals surface area contributed by atoms with Gasteiger partial charge in [0.15, 0.2) is 9.84 Å². The first-order valence-electron chi connectivity index (χ1n) is 4.93. The van der Waals surface area contributed by atoms with Crippen molar-refractivity contribution in [3.05, 3.63) is 23.8 Å². The summed E-state index contributed by atoms with van der Waals surface area (Å²) in [5.41, 5.74) is 0.549. The number of carboxylic acid groups (broad SMARTS) is 1. The standard InChI is InChI=1S/C11H15NO4S/c1-12(2,3)8-5-6-10(17(4,15)16)9(7-8)11(13)14/h5-7H,1-4H3/p+1. The summed E-state index contributed by atoms with van der Waals surface area (Å²) in [7, 11) is 2.10. The molecular weight excluding hydrogens is 242 g/mol. The van der Waals surface area contributed by atoms with Crippen LogP contribution in [0.25, 0.3) is 0 Å². The largest absolute Gasteiger partial charge is 0.478 e. The zero-order chi connectivity index (χ0) is 13.4. The molecule has 94 valence electrons. The van der Waals surface area contributed by atoms with E-state index in [2.05, 4.69) is 0 Å². The number of quaternary nitrogens is 1. The minimum absolute atomic E-state index is 0.151. The average molecular weight is 258 g/mol. The molecule has 0 saturated carbocycles. The number of sulfone groups is 1. The van der Waals surface area contributed by atoms with Gasteiger partial charge in [0.1, 0.15) is 5.69 Å². The molecule has 17 heavy (non-hydrogen) atoms. The maximum Gasteiger partial charge on any atom is 0.337 e. The normalized spacial score (nSPS) is 12.5. The molecule has 0 aliphatic heterocycles. The molecule has 0 unspecified atom stereocenters. The Morgan fingerprint density at radius 2 is 1.76 bits per heavy atom. The Bertz CT molecular complexity index is 555. The summed E-state index contributed by atoms with van der Waals surface area (Å²) < 4.78 is 23.3. The number of hydrogen-bond acceptors (Lipinski definition) is 3. The molecule has 0 radical (unpaired) electrons. The summed E-state index contributed by atoms with van der Waals surface area (Å²) in [4.78, 5) is 10.9. The molecule has 0 atom stereocenters. The number of carboxylic acids is 1. The third kappa shape index (κ3) is 3.04. The molecule has 0 saturated heterocycles. The van der Waals surface area contributed by atoms with Gasteiger partial charge in [-0.15, -0.1) is 0 Å². The van der Waals surface area contributed by atoms with Crippen LogP contribution in [0.4, 0.5) is 5.69 Å². The fourth-order valence-corrected chi connectivity index (χ4v) is 2.29. The van der Waals surface area contributed by atoms with Gasteiger partial charge in [0, 0.05) is 18.4 Å². The average Bonchev–Trinajstić information content (AvgIpc) is 2.14. The molecule has 5 nitrogen and oxygen atoms in total. The predicted molar refractivity (Wildman–Crippen MR) is 66.1 cm³/mol. The van der Waals surface area contributed by atoms with Gasteiger partial charge in [0.2, 0.25) is 0 Å². The molecule has 0 aliphatic carbocycles. The molecule has 0 heterocycles. The van der Waals surface area contributed by atoms with Crippen LogP contribution >= 0.6 is 0 Å². The van der Waals surface area contributed by atoms with Crippen LogP contribution in [0.15, 0.2) is 23.1 Å². The van der Waals surface area contributed by atoms with Gasteiger partial charge in [0.25, 0.3) is 0 Å². The lowest BCUT2D eigenvalue weighted by Crippen LogP contribution is -2.35. The second kappa shape index (κ2) is 4.12. The van der Waals surface area contributed by atoms with Crippen LogP contribution in [0.3, 0.4) is 0 Å². The second-order valence-corrected chi connectivity index (χ2v) is 6.75. The lowest BCUT2D eigenvalue weighted by molar-refractivity contribution is 0.0692. The SMILES string of the molecule is C[N+](C)(C)c1ccc(S(C)(=O)=O)c(C(=O)O)c1. The first-order chi connectivity index (χ1) is 7.53. The van der Waals surface area contributed by atoms with Gasteiger partial charge in [0.05, 0.1) is 31.6 Å². The van der Waals surface area contributed by atoms with Gasteiger partial charge < -0.3 is 5.11 Å². The van der Waals surface area contributed by atoms with Crippen molar-refractivity contribution in [1.29, 1.82) is 0 Å². The van der Waals surface area contributed by atoms with Crippen LogP contribution in [0.2, 0.25) is 0 Å². The van der Waals surface area contributed by atoms with E-state index in [1.54, 1.807) is 6.07 Å². The Labute approximate surface area is 101 Å². The summed E-state index contributed by atoms with van der Waals surface area (Å²) in [6.07, 6.45) is 1.00. The van der Waals surface area contributed by atoms with E-state index >= 15 is 0 Å². The zero-order valence-corrected chi connectivity index (χ0v) is 11.1. The minimum atomic E-state index is -3.53. The van der Waals surface area contributed by atoms with Crippen molar-refractivity contribution >= 4 is 21.5 Å². The lowest BCUT2D eigenvalue weighted by atomic mass is 10.2. The van der Waals surface area contributed by atoms with E-state index < -0.39 is 15.8 Å². The van der Waals surface area contributed by atoms with Crippen molar-refractivity contribution < 1.29 is 18.3 Å². The molecule has 0 fully saturated rings. The molecule has 1 rings (SSSR count). The van der Waals surface area contributed by atoms with E-state index in [9.17, 15) is 13.2 Å². The molecule has 0 aromatic heterocycles. The Morgan fingerprint density at radius 3 is 2.12 bits per heavy atom. The van der Waals surface area contributed by atoms with Crippen LogP contribution in [-0.4, -0.2) is 46.9 Å². The van der Waals surface area contributed by atoms with Crippen molar-refractivity contribution in [3.8, 4) is 0 Å². The van der Waals surface area contributed by atoms with E-state index in [-0.39, 0.29) is 10.5 Å². The molecule has 1 aromatic carbocycles. The number of nitrogens with zero attached hydrogens (tertiary/aromatic N) is 1. The highest BCUT2D eigenvalue weighted by molar-refractivity contribution is 7.90. The Kier molecular flexibility index (Phi) is 3.31. The highest BCUT2D eigenvalue weighted by Gasteiger charge is 2.22. The van der Waals surface area contributed by atoms with E-state index in [1.807, 2.05) is 21.1 Å². The van der Waals surface area contributed by atoms with Crippen LogP contribution in [0.1, 0.15) is 10.4 Å². The van der Waals surface area contributed by atoms with Gasteiger partial charge >= 0.3 is 5.97 Å². The van der Waals surface area contributed by atoms with E-state index in [1.165, 1.54) is 12.1 Å². The van der Waals surface area contributed by atoms with Gasteiger partial charge in [-0.05, 0) is 6.07 Å². The van der Waals surface area contributed by atoms with Crippen molar-refractivity contribution in [1.82, 2.24) is 4.48 Å². The molecule has 0 aliphatic rings. The van der Waals surface area contributed by atoms with Crippen molar-refractivity contribution in [3.63, 3.8) is 0 Å². The summed E-state index contributed by atoms with van der Waals surface area (Å²) in [6, 6.07) is 4.37. The summed E-state index contributed by atoms with van der Waals surface area (Å²) in [6.45, 7) is 0. The molecule has 0 spiro atoms. The van der Waals surface area contributed by atoms with Gasteiger partial charge in [-0.25, -0.2) is 13.2 Å². The number of rotatable bonds is 3. The number of carbonyl (C=O) groups is 1. The molecule has 0 amide bonds. The zero-order valence-electron chi connectivity index (χ0n) is 10.3. The topological polar surface area (TPSA) is 71.4 Å². The first-order valence-corrected chi connectivity index (χ1v) is 6.82. The number of hydrogen-bond donors (Lipinski definition) is 1. The van der Waals surface area contributed by atoms with Gasteiger partial charge in [-0.2, -0.15) is 0 Å². The van der Waals surface area contributed by atoms with E-state index in [0.717, 1.165) is 11.9 Å². The summed E-state index contributed by atoms with van der Waals surface area (Å²) in [5, 5.41) is 9.05. The molecule has 1 N–H and O–H groups in total. The van der Waals surface area contributed by atoms with Gasteiger partial charge in [-0.1, -0.05) is 0 Å². The smallest absolute Gasteiger partial charge is 0.337 e. The highest BCUT2D eigenvalue weighted by atomic mass is 32.2.